The van der Waals surface area contributed by atoms with Crippen LogP contribution in [-0.2, 0) is 16.0 Å². The Bertz CT molecular complexity index is 912. The summed E-state index contributed by atoms with van der Waals surface area (Å²) in [6.45, 7) is 13.9. The van der Waals surface area contributed by atoms with E-state index < -0.39 is 0 Å². The van der Waals surface area contributed by atoms with E-state index in [0.29, 0.717) is 11.6 Å². The molecule has 0 bridgehead atoms. The molecule has 29 heavy (non-hydrogen) atoms. The first-order valence-electron chi connectivity index (χ1n) is 9.83. The van der Waals surface area contributed by atoms with E-state index in [-0.39, 0.29) is 30.3 Å². The molecule has 0 aliphatic rings. The Morgan fingerprint density at radius 3 is 2.41 bits per heavy atom. The molecule has 0 radical (unpaired) electrons. The van der Waals surface area contributed by atoms with Crippen LogP contribution in [0.2, 0.25) is 5.02 Å². The lowest BCUT2D eigenvalue weighted by Crippen LogP contribution is -2.47. The number of nitrogens with one attached hydrogen (secondary N) is 1. The topological polar surface area (TPSA) is 67.2 Å². The summed E-state index contributed by atoms with van der Waals surface area (Å²) >= 11 is 6.26. The van der Waals surface area contributed by atoms with E-state index in [1.54, 1.807) is 4.90 Å². The predicted octanol–water partition coefficient (Wildman–Crippen LogP) is 3.76. The van der Waals surface area contributed by atoms with Crippen molar-refractivity contribution in [1.82, 2.24) is 20.0 Å². The first-order valence-corrected chi connectivity index (χ1v) is 10.2. The van der Waals surface area contributed by atoms with Crippen molar-refractivity contribution in [3.63, 3.8) is 0 Å². The molecule has 0 fully saturated rings. The van der Waals surface area contributed by atoms with Crippen LogP contribution in [0.4, 0.5) is 0 Å². The average molecular weight is 419 g/mol. The second-order valence-corrected chi connectivity index (χ2v) is 8.78. The van der Waals surface area contributed by atoms with Crippen molar-refractivity contribution in [3.05, 3.63) is 45.7 Å². The van der Waals surface area contributed by atoms with Gasteiger partial charge in [0.1, 0.15) is 0 Å². The van der Waals surface area contributed by atoms with Gasteiger partial charge in [-0.15, -0.1) is 0 Å². The highest BCUT2D eigenvalue weighted by Gasteiger charge is 2.22. The molecule has 2 rings (SSSR count). The molecule has 1 heterocycles. The number of carbonyl (C=O) groups excluding carboxylic acids is 2. The fourth-order valence-electron chi connectivity index (χ4n) is 3.17. The van der Waals surface area contributed by atoms with E-state index in [1.165, 1.54) is 0 Å². The van der Waals surface area contributed by atoms with E-state index in [0.717, 1.165) is 28.2 Å². The van der Waals surface area contributed by atoms with Crippen molar-refractivity contribution < 1.29 is 9.59 Å². The minimum Gasteiger partial charge on any atom is -0.350 e. The van der Waals surface area contributed by atoms with E-state index >= 15 is 0 Å². The molecule has 1 aromatic heterocycles. The summed E-state index contributed by atoms with van der Waals surface area (Å²) in [5, 5.41) is 8.18. The zero-order chi connectivity index (χ0) is 21.9. The summed E-state index contributed by atoms with van der Waals surface area (Å²) in [5.41, 5.74) is 4.09. The molecule has 1 aromatic carbocycles. The van der Waals surface area contributed by atoms with E-state index in [2.05, 4.69) is 10.4 Å². The normalized spacial score (nSPS) is 11.4. The molecule has 0 atom stereocenters. The number of hydrogen-bond donors (Lipinski definition) is 1. The largest absolute Gasteiger partial charge is 0.350 e. The maximum absolute atomic E-state index is 12.9. The van der Waals surface area contributed by atoms with Crippen molar-refractivity contribution >= 4 is 23.4 Å². The van der Waals surface area contributed by atoms with Crippen molar-refractivity contribution in [2.75, 3.05) is 13.1 Å². The predicted molar refractivity (Wildman–Crippen MR) is 117 cm³/mol. The van der Waals surface area contributed by atoms with Gasteiger partial charge in [0.05, 0.1) is 24.3 Å². The maximum atomic E-state index is 12.9. The molecule has 7 heteroatoms. The average Bonchev–Trinajstić information content (AvgIpc) is 2.88. The van der Waals surface area contributed by atoms with Gasteiger partial charge in [0, 0.05) is 28.4 Å². The van der Waals surface area contributed by atoms with Gasteiger partial charge in [0.2, 0.25) is 11.8 Å². The Balaban J connectivity index is 2.20. The lowest BCUT2D eigenvalue weighted by Gasteiger charge is -2.25. The van der Waals surface area contributed by atoms with E-state index in [4.69, 9.17) is 11.6 Å². The molecule has 0 spiro atoms. The first kappa shape index (κ1) is 22.9. The van der Waals surface area contributed by atoms with Gasteiger partial charge in [-0.25, -0.2) is 4.68 Å². The second-order valence-electron chi connectivity index (χ2n) is 8.38. The number of nitrogens with zero attached hydrogens (tertiary/aromatic N) is 3. The molecule has 2 amide bonds. The molecule has 0 saturated heterocycles. The zero-order valence-electron chi connectivity index (χ0n) is 18.4. The fourth-order valence-corrected chi connectivity index (χ4v) is 3.34. The van der Waals surface area contributed by atoms with Crippen LogP contribution in [0.15, 0.2) is 18.2 Å². The zero-order valence-corrected chi connectivity index (χ0v) is 19.1. The summed E-state index contributed by atoms with van der Waals surface area (Å²) < 4.78 is 1.81. The molecule has 6 nitrogen and oxygen atoms in total. The maximum Gasteiger partial charge on any atom is 0.240 e. The minimum atomic E-state index is -0.330. The number of carbonyl (C=O) groups is 2. The number of halogens is 1. The quantitative estimate of drug-likeness (QED) is 0.776. The Morgan fingerprint density at radius 2 is 1.86 bits per heavy atom. The lowest BCUT2D eigenvalue weighted by molar-refractivity contribution is -0.135. The van der Waals surface area contributed by atoms with Gasteiger partial charge >= 0.3 is 0 Å². The molecule has 2 aromatic rings. The van der Waals surface area contributed by atoms with Gasteiger partial charge in [-0.3, -0.25) is 9.59 Å². The molecule has 0 saturated carbocycles. The summed E-state index contributed by atoms with van der Waals surface area (Å²) in [6.07, 6.45) is 0.202. The van der Waals surface area contributed by atoms with Gasteiger partial charge in [0.15, 0.2) is 0 Å². The first-order chi connectivity index (χ1) is 13.4. The number of amides is 2. The van der Waals surface area contributed by atoms with Crippen molar-refractivity contribution in [2.45, 2.75) is 60.4 Å². The summed E-state index contributed by atoms with van der Waals surface area (Å²) in [4.78, 5) is 26.7. The number of likely N-dealkylation sites (N-methyl/N-ethyl adjacent to an activating group) is 1. The van der Waals surface area contributed by atoms with Gasteiger partial charge in [-0.1, -0.05) is 17.7 Å². The Morgan fingerprint density at radius 1 is 1.21 bits per heavy atom. The third-order valence-electron chi connectivity index (χ3n) is 4.75. The molecular weight excluding hydrogens is 388 g/mol. The van der Waals surface area contributed by atoms with Crippen molar-refractivity contribution in [3.8, 4) is 5.69 Å². The standard InChI is InChI=1S/C22H31ClN4O2/c1-8-26(13-20(28)24-22(5,6)7)21(29)12-18-15(3)25-27(16(18)4)17-10-9-14(2)19(23)11-17/h9-11H,8,12-13H2,1-7H3,(H,24,28). The molecule has 0 aliphatic heterocycles. The van der Waals surface area contributed by atoms with Gasteiger partial charge in [-0.05, 0) is 66.2 Å². The number of hydrogen-bond acceptors (Lipinski definition) is 3. The van der Waals surface area contributed by atoms with Crippen LogP contribution in [0, 0.1) is 20.8 Å². The molecule has 1 N–H and O–H groups in total. The fraction of sp³-hybridized carbons (Fsp3) is 0.500. The molecular formula is C22H31ClN4O2. The summed E-state index contributed by atoms with van der Waals surface area (Å²) in [7, 11) is 0. The molecule has 0 unspecified atom stereocenters. The monoisotopic (exact) mass is 418 g/mol. The summed E-state index contributed by atoms with van der Waals surface area (Å²) in [6, 6.07) is 5.78. The van der Waals surface area contributed by atoms with E-state index in [1.807, 2.05) is 71.3 Å². The van der Waals surface area contributed by atoms with Crippen molar-refractivity contribution in [2.24, 2.45) is 0 Å². The van der Waals surface area contributed by atoms with Crippen LogP contribution in [0.25, 0.3) is 5.69 Å². The second kappa shape index (κ2) is 8.99. The Labute approximate surface area is 178 Å². The van der Waals surface area contributed by atoms with E-state index in [9.17, 15) is 9.59 Å². The van der Waals surface area contributed by atoms with Crippen LogP contribution in [0.5, 0.6) is 0 Å². The van der Waals surface area contributed by atoms with Crippen LogP contribution < -0.4 is 5.32 Å². The third-order valence-corrected chi connectivity index (χ3v) is 5.16. The Kier molecular flexibility index (Phi) is 7.11. The smallest absolute Gasteiger partial charge is 0.240 e. The molecule has 158 valence electrons. The minimum absolute atomic E-state index is 0.0480. The van der Waals surface area contributed by atoms with Crippen LogP contribution in [-0.4, -0.2) is 45.1 Å². The number of benzene rings is 1. The highest BCUT2D eigenvalue weighted by atomic mass is 35.5. The van der Waals surface area contributed by atoms with Crippen LogP contribution >= 0.6 is 11.6 Å². The highest BCUT2D eigenvalue weighted by molar-refractivity contribution is 6.31. The van der Waals surface area contributed by atoms with Crippen molar-refractivity contribution in [1.29, 1.82) is 0 Å². The Hall–Kier alpha value is -2.34. The number of aryl methyl sites for hydroxylation is 2. The lowest BCUT2D eigenvalue weighted by atomic mass is 10.1. The SMILES string of the molecule is CCN(CC(=O)NC(C)(C)C)C(=O)Cc1c(C)nn(-c2ccc(C)c(Cl)c2)c1C. The van der Waals surface area contributed by atoms with Gasteiger partial charge in [0.25, 0.3) is 0 Å². The summed E-state index contributed by atoms with van der Waals surface area (Å²) in [5.74, 6) is -0.254. The van der Waals surface area contributed by atoms with Crippen LogP contribution in [0.3, 0.4) is 0 Å². The number of rotatable bonds is 6. The third kappa shape index (κ3) is 5.82. The molecule has 0 aliphatic carbocycles. The van der Waals surface area contributed by atoms with Gasteiger partial charge < -0.3 is 10.2 Å². The van der Waals surface area contributed by atoms with Gasteiger partial charge in [-0.2, -0.15) is 5.10 Å². The van der Waals surface area contributed by atoms with Crippen LogP contribution in [0.1, 0.15) is 50.2 Å². The highest BCUT2D eigenvalue weighted by Crippen LogP contribution is 2.23. The number of aromatic nitrogens is 2.